The van der Waals surface area contributed by atoms with Crippen molar-refractivity contribution in [2.45, 2.75) is 26.2 Å². The minimum atomic E-state index is 0.0762. The third kappa shape index (κ3) is 3.92. The Balaban J connectivity index is 1.30. The minimum absolute atomic E-state index is 0.0762. The van der Waals surface area contributed by atoms with Crippen LogP contribution >= 0.6 is 0 Å². The number of hydrogen-bond acceptors (Lipinski definition) is 1. The maximum Gasteiger partial charge on any atom is 0.0708 e. The van der Waals surface area contributed by atoms with Gasteiger partial charge in [-0.05, 0) is 96.9 Å². The Hall–Kier alpha value is -5.47. The highest BCUT2D eigenvalue weighted by Crippen LogP contribution is 2.45. The largest absolute Gasteiger partial charge is 0.309 e. The third-order valence-electron chi connectivity index (χ3n) is 9.54. The van der Waals surface area contributed by atoms with Crippen molar-refractivity contribution < 1.29 is 0 Å². The highest BCUT2D eigenvalue weighted by atomic mass is 15.0. The van der Waals surface area contributed by atoms with E-state index in [4.69, 9.17) is 4.98 Å². The molecule has 2 nitrogen and oxygen atoms in total. The molecule has 0 fully saturated rings. The normalized spacial score (nSPS) is 12.3. The van der Waals surface area contributed by atoms with Crippen LogP contribution in [0.1, 0.15) is 26.3 Å². The highest BCUT2D eigenvalue weighted by Gasteiger charge is 2.20. The van der Waals surface area contributed by atoms with Crippen molar-refractivity contribution >= 4 is 54.1 Å². The molecule has 0 bridgehead atoms. The van der Waals surface area contributed by atoms with Crippen LogP contribution in [0.5, 0.6) is 0 Å². The second kappa shape index (κ2) is 9.51. The zero-order chi connectivity index (χ0) is 30.3. The van der Waals surface area contributed by atoms with E-state index < -0.39 is 0 Å². The molecule has 9 aromatic rings. The van der Waals surface area contributed by atoms with Crippen LogP contribution < -0.4 is 0 Å². The van der Waals surface area contributed by atoms with E-state index in [-0.39, 0.29) is 5.41 Å². The molecule has 214 valence electrons. The molecule has 0 N–H and O–H groups in total. The molecule has 0 aliphatic heterocycles. The Morgan fingerprint density at radius 2 is 1.11 bits per heavy atom. The number of hydrogen-bond donors (Lipinski definition) is 0. The van der Waals surface area contributed by atoms with E-state index in [0.717, 1.165) is 11.4 Å². The molecule has 0 aliphatic rings. The Morgan fingerprint density at radius 3 is 1.71 bits per heavy atom. The van der Waals surface area contributed by atoms with Gasteiger partial charge in [-0.25, -0.2) is 0 Å². The molecular weight excluding hydrogens is 544 g/mol. The van der Waals surface area contributed by atoms with E-state index >= 15 is 0 Å². The summed E-state index contributed by atoms with van der Waals surface area (Å²) >= 11 is 0. The molecule has 2 aromatic heterocycles. The Kier molecular flexibility index (Phi) is 5.49. The molecule has 0 aliphatic carbocycles. The van der Waals surface area contributed by atoms with Gasteiger partial charge in [-0.15, -0.1) is 0 Å². The average Bonchev–Trinajstić information content (AvgIpc) is 3.41. The first-order valence-corrected chi connectivity index (χ1v) is 15.7. The summed E-state index contributed by atoms with van der Waals surface area (Å²) in [6.07, 6.45) is 1.89. The van der Waals surface area contributed by atoms with Gasteiger partial charge in [0.1, 0.15) is 0 Å². The summed E-state index contributed by atoms with van der Waals surface area (Å²) in [6.45, 7) is 6.88. The maximum absolute atomic E-state index is 4.81. The van der Waals surface area contributed by atoms with Crippen molar-refractivity contribution in [2.24, 2.45) is 0 Å². The van der Waals surface area contributed by atoms with Gasteiger partial charge in [-0.1, -0.05) is 112 Å². The van der Waals surface area contributed by atoms with Gasteiger partial charge in [0.05, 0.1) is 16.7 Å². The van der Waals surface area contributed by atoms with Gasteiger partial charge < -0.3 is 4.57 Å². The smallest absolute Gasteiger partial charge is 0.0708 e. The van der Waals surface area contributed by atoms with Crippen LogP contribution in [0.25, 0.3) is 82.2 Å². The van der Waals surface area contributed by atoms with Crippen LogP contribution in [0.2, 0.25) is 0 Å². The van der Waals surface area contributed by atoms with Gasteiger partial charge in [-0.2, -0.15) is 0 Å². The number of aromatic nitrogens is 2. The lowest BCUT2D eigenvalue weighted by Crippen LogP contribution is -2.10. The van der Waals surface area contributed by atoms with Crippen LogP contribution in [0.4, 0.5) is 0 Å². The van der Waals surface area contributed by atoms with Crippen molar-refractivity contribution in [1.82, 2.24) is 9.55 Å². The fourth-order valence-electron chi connectivity index (χ4n) is 7.31. The predicted molar refractivity (Wildman–Crippen MR) is 192 cm³/mol. The average molecular weight is 577 g/mol. The molecule has 7 aromatic carbocycles. The fraction of sp³-hybridized carbons (Fsp3) is 0.0930. The molecule has 0 atom stereocenters. The van der Waals surface area contributed by atoms with E-state index in [1.165, 1.54) is 76.4 Å². The second-order valence-corrected chi connectivity index (χ2v) is 13.3. The van der Waals surface area contributed by atoms with Crippen molar-refractivity contribution in [3.63, 3.8) is 0 Å². The standard InChI is InChI=1S/C43H32N2/c1-43(2,3)30-24-28-17-21-34-36(26-37(38-12-8-9-23-44-38)35-22-18-29(25-30)41(28)42(34)35)27-15-19-31(20-16-27)45-39-13-6-4-10-32(39)33-11-5-7-14-40(33)45/h4-26H,1-3H3. The molecule has 0 unspecified atom stereocenters. The molecule has 0 amide bonds. The van der Waals surface area contributed by atoms with Crippen molar-refractivity contribution in [3.05, 3.63) is 145 Å². The first kappa shape index (κ1) is 26.0. The zero-order valence-electron chi connectivity index (χ0n) is 25.7. The lowest BCUT2D eigenvalue weighted by Gasteiger charge is -2.22. The summed E-state index contributed by atoms with van der Waals surface area (Å²) in [5, 5.41) is 10.3. The van der Waals surface area contributed by atoms with E-state index in [0.29, 0.717) is 0 Å². The summed E-state index contributed by atoms with van der Waals surface area (Å²) in [5.41, 5.74) is 9.63. The van der Waals surface area contributed by atoms with Gasteiger partial charge in [0, 0.05) is 28.2 Å². The van der Waals surface area contributed by atoms with Crippen LogP contribution in [-0.2, 0) is 5.41 Å². The monoisotopic (exact) mass is 576 g/mol. The van der Waals surface area contributed by atoms with Crippen LogP contribution in [0.3, 0.4) is 0 Å². The van der Waals surface area contributed by atoms with E-state index in [1.807, 2.05) is 12.3 Å². The highest BCUT2D eigenvalue weighted by molar-refractivity contribution is 6.28. The predicted octanol–water partition coefficient (Wildman–Crippen LogP) is 11.7. The first-order chi connectivity index (χ1) is 22.0. The van der Waals surface area contributed by atoms with Gasteiger partial charge in [0.15, 0.2) is 0 Å². The molecule has 0 saturated carbocycles. The van der Waals surface area contributed by atoms with E-state index in [2.05, 4.69) is 153 Å². The second-order valence-electron chi connectivity index (χ2n) is 13.3. The number of nitrogens with zero attached hydrogens (tertiary/aromatic N) is 2. The first-order valence-electron chi connectivity index (χ1n) is 15.7. The Bertz CT molecular complexity index is 2470. The quantitative estimate of drug-likeness (QED) is 0.191. The fourth-order valence-corrected chi connectivity index (χ4v) is 7.31. The SMILES string of the molecule is CC(C)(C)c1cc2ccc3c(-c4ccc(-n5c6ccccc6c6ccccc65)cc4)cc(-c4ccccn4)c4ccc(c1)c2c34. The van der Waals surface area contributed by atoms with Crippen LogP contribution in [0, 0.1) is 0 Å². The zero-order valence-corrected chi connectivity index (χ0v) is 25.7. The molecule has 0 spiro atoms. The van der Waals surface area contributed by atoms with Gasteiger partial charge in [0.2, 0.25) is 0 Å². The maximum atomic E-state index is 4.81. The number of benzene rings is 7. The number of fused-ring (bicyclic) bond motifs is 3. The topological polar surface area (TPSA) is 17.8 Å². The van der Waals surface area contributed by atoms with Crippen molar-refractivity contribution in [2.75, 3.05) is 0 Å². The Labute approximate surface area is 262 Å². The van der Waals surface area contributed by atoms with E-state index in [1.54, 1.807) is 0 Å². The number of pyridine rings is 1. The summed E-state index contributed by atoms with van der Waals surface area (Å²) in [4.78, 5) is 4.81. The third-order valence-corrected chi connectivity index (χ3v) is 9.54. The molecular formula is C43H32N2. The molecule has 9 rings (SSSR count). The number of rotatable bonds is 3. The van der Waals surface area contributed by atoms with Gasteiger partial charge >= 0.3 is 0 Å². The van der Waals surface area contributed by atoms with Crippen molar-refractivity contribution in [3.8, 4) is 28.1 Å². The summed E-state index contributed by atoms with van der Waals surface area (Å²) < 4.78 is 2.38. The molecule has 0 radical (unpaired) electrons. The van der Waals surface area contributed by atoms with Gasteiger partial charge in [0.25, 0.3) is 0 Å². The van der Waals surface area contributed by atoms with Gasteiger partial charge in [-0.3, -0.25) is 4.98 Å². The van der Waals surface area contributed by atoms with Crippen LogP contribution in [0.15, 0.2) is 140 Å². The molecule has 2 heteroatoms. The summed E-state index contributed by atoms with van der Waals surface area (Å²) in [7, 11) is 0. The molecule has 45 heavy (non-hydrogen) atoms. The molecule has 2 heterocycles. The number of para-hydroxylation sites is 2. The van der Waals surface area contributed by atoms with Crippen LogP contribution in [-0.4, -0.2) is 9.55 Å². The van der Waals surface area contributed by atoms with Crippen molar-refractivity contribution in [1.29, 1.82) is 0 Å². The summed E-state index contributed by atoms with van der Waals surface area (Å²) in [5.74, 6) is 0. The lowest BCUT2D eigenvalue weighted by atomic mass is 9.82. The summed E-state index contributed by atoms with van der Waals surface area (Å²) in [6, 6.07) is 49.0. The van der Waals surface area contributed by atoms with E-state index in [9.17, 15) is 0 Å². The molecule has 0 saturated heterocycles. The lowest BCUT2D eigenvalue weighted by molar-refractivity contribution is 0.591. The Morgan fingerprint density at radius 1 is 0.511 bits per heavy atom. The minimum Gasteiger partial charge on any atom is -0.309 e.